The van der Waals surface area contributed by atoms with Crippen LogP contribution in [0.2, 0.25) is 0 Å². The van der Waals surface area contributed by atoms with Crippen LogP contribution >= 0.6 is 0 Å². The van der Waals surface area contributed by atoms with E-state index in [1.165, 1.54) is 18.2 Å². The number of rotatable bonds is 5. The van der Waals surface area contributed by atoms with E-state index in [-0.39, 0.29) is 5.75 Å². The standard InChI is InChI=1S/C9H11NO2.C9H8O3/c10-8(9(11)12)6-7-4-2-1-3-5-7;10-8-4-1-7(2-5-8)3-6-9(11)12/h1-5,8H,6,10H2,(H,11,12);1-6,10H,(H,11,12)/b;6-3+/t8-;/m0./s1. The van der Waals surface area contributed by atoms with Gasteiger partial charge in [-0.3, -0.25) is 4.79 Å². The van der Waals surface area contributed by atoms with Gasteiger partial charge in [0.1, 0.15) is 11.8 Å². The number of hydrogen-bond acceptors (Lipinski definition) is 4. The molecule has 24 heavy (non-hydrogen) atoms. The van der Waals surface area contributed by atoms with Crippen molar-refractivity contribution in [3.8, 4) is 5.75 Å². The van der Waals surface area contributed by atoms with Crippen LogP contribution in [0.15, 0.2) is 60.7 Å². The number of phenolic OH excluding ortho intramolecular Hbond substituents is 1. The van der Waals surface area contributed by atoms with E-state index in [2.05, 4.69) is 0 Å². The lowest BCUT2D eigenvalue weighted by molar-refractivity contribution is -0.138. The van der Waals surface area contributed by atoms with E-state index < -0.39 is 18.0 Å². The Morgan fingerprint density at radius 3 is 2.08 bits per heavy atom. The fourth-order valence-electron chi connectivity index (χ4n) is 1.71. The third-order valence-electron chi connectivity index (χ3n) is 2.93. The van der Waals surface area contributed by atoms with E-state index >= 15 is 0 Å². The maximum Gasteiger partial charge on any atom is 0.328 e. The van der Waals surface area contributed by atoms with E-state index in [0.717, 1.165) is 17.2 Å². The maximum atomic E-state index is 10.4. The molecule has 0 aliphatic heterocycles. The topological polar surface area (TPSA) is 121 Å². The molecule has 6 nitrogen and oxygen atoms in total. The summed E-state index contributed by atoms with van der Waals surface area (Å²) in [6, 6.07) is 14.8. The van der Waals surface area contributed by atoms with Gasteiger partial charge in [-0.15, -0.1) is 0 Å². The van der Waals surface area contributed by atoms with Gasteiger partial charge in [-0.25, -0.2) is 4.79 Å². The molecule has 126 valence electrons. The fourth-order valence-corrected chi connectivity index (χ4v) is 1.71. The molecule has 0 fully saturated rings. The van der Waals surface area contributed by atoms with Gasteiger partial charge in [-0.05, 0) is 35.8 Å². The minimum Gasteiger partial charge on any atom is -0.508 e. The number of nitrogens with two attached hydrogens (primary N) is 1. The summed E-state index contributed by atoms with van der Waals surface area (Å²) < 4.78 is 0. The van der Waals surface area contributed by atoms with Crippen LogP contribution in [0.3, 0.4) is 0 Å². The monoisotopic (exact) mass is 329 g/mol. The summed E-state index contributed by atoms with van der Waals surface area (Å²) >= 11 is 0. The number of carbonyl (C=O) groups is 2. The normalized spacial score (nSPS) is 11.4. The third kappa shape index (κ3) is 7.77. The van der Waals surface area contributed by atoms with Crippen molar-refractivity contribution >= 4 is 18.0 Å². The molecule has 0 bridgehead atoms. The molecule has 2 aromatic rings. The van der Waals surface area contributed by atoms with Crippen LogP contribution in [0.4, 0.5) is 0 Å². The highest BCUT2D eigenvalue weighted by Gasteiger charge is 2.10. The molecule has 0 saturated heterocycles. The summed E-state index contributed by atoms with van der Waals surface area (Å²) in [6.07, 6.45) is 2.89. The van der Waals surface area contributed by atoms with Gasteiger partial charge in [0, 0.05) is 6.08 Å². The zero-order chi connectivity index (χ0) is 17.9. The molecule has 0 saturated carbocycles. The smallest absolute Gasteiger partial charge is 0.328 e. The van der Waals surface area contributed by atoms with Crippen LogP contribution in [-0.2, 0) is 16.0 Å². The second-order valence-electron chi connectivity index (χ2n) is 4.90. The Balaban J connectivity index is 0.000000240. The van der Waals surface area contributed by atoms with Gasteiger partial charge in [0.2, 0.25) is 0 Å². The van der Waals surface area contributed by atoms with Crippen LogP contribution in [0.1, 0.15) is 11.1 Å². The van der Waals surface area contributed by atoms with E-state index in [0.29, 0.717) is 6.42 Å². The van der Waals surface area contributed by atoms with E-state index in [1.807, 2.05) is 30.3 Å². The summed E-state index contributed by atoms with van der Waals surface area (Å²) in [5.74, 6) is -1.77. The van der Waals surface area contributed by atoms with Crippen LogP contribution < -0.4 is 5.73 Å². The molecule has 6 heteroatoms. The zero-order valence-corrected chi connectivity index (χ0v) is 12.9. The Morgan fingerprint density at radius 2 is 1.58 bits per heavy atom. The molecular formula is C18H19NO5. The van der Waals surface area contributed by atoms with Crippen molar-refractivity contribution < 1.29 is 24.9 Å². The van der Waals surface area contributed by atoms with Gasteiger partial charge in [0.25, 0.3) is 0 Å². The van der Waals surface area contributed by atoms with Crippen LogP contribution in [-0.4, -0.2) is 33.3 Å². The molecule has 0 amide bonds. The Labute approximate surface area is 139 Å². The Morgan fingerprint density at radius 1 is 1.00 bits per heavy atom. The summed E-state index contributed by atoms with van der Waals surface area (Å²) in [7, 11) is 0. The maximum absolute atomic E-state index is 10.4. The van der Waals surface area contributed by atoms with Crippen LogP contribution in [0.25, 0.3) is 6.08 Å². The van der Waals surface area contributed by atoms with Gasteiger partial charge < -0.3 is 21.1 Å². The van der Waals surface area contributed by atoms with Gasteiger partial charge in [0.15, 0.2) is 0 Å². The molecule has 0 heterocycles. The van der Waals surface area contributed by atoms with Gasteiger partial charge in [0.05, 0.1) is 0 Å². The number of carboxylic acids is 2. The van der Waals surface area contributed by atoms with E-state index in [9.17, 15) is 9.59 Å². The molecule has 0 aromatic heterocycles. The number of hydrogen-bond donors (Lipinski definition) is 4. The van der Waals surface area contributed by atoms with Crippen molar-refractivity contribution in [1.82, 2.24) is 0 Å². The Hall–Kier alpha value is -3.12. The molecule has 0 aliphatic rings. The molecule has 5 N–H and O–H groups in total. The number of aliphatic carboxylic acids is 2. The van der Waals surface area contributed by atoms with Crippen LogP contribution in [0.5, 0.6) is 5.75 Å². The first-order chi connectivity index (χ1) is 11.4. The predicted molar refractivity (Wildman–Crippen MR) is 90.5 cm³/mol. The molecule has 0 spiro atoms. The second-order valence-corrected chi connectivity index (χ2v) is 4.90. The molecular weight excluding hydrogens is 310 g/mol. The summed E-state index contributed by atoms with van der Waals surface area (Å²) in [4.78, 5) is 20.5. The quantitative estimate of drug-likeness (QED) is 0.624. The van der Waals surface area contributed by atoms with Crippen molar-refractivity contribution in [3.05, 3.63) is 71.8 Å². The first-order valence-electron chi connectivity index (χ1n) is 7.11. The van der Waals surface area contributed by atoms with Gasteiger partial charge in [-0.1, -0.05) is 42.5 Å². The zero-order valence-electron chi connectivity index (χ0n) is 12.9. The lowest BCUT2D eigenvalue weighted by atomic mass is 10.1. The van der Waals surface area contributed by atoms with Crippen LogP contribution in [0, 0.1) is 0 Å². The molecule has 0 radical (unpaired) electrons. The van der Waals surface area contributed by atoms with Crippen molar-refractivity contribution in [2.75, 3.05) is 0 Å². The molecule has 0 aliphatic carbocycles. The third-order valence-corrected chi connectivity index (χ3v) is 2.93. The Kier molecular flexibility index (Phi) is 7.73. The number of aromatic hydroxyl groups is 1. The highest BCUT2D eigenvalue weighted by Crippen LogP contribution is 2.10. The van der Waals surface area contributed by atoms with Crippen molar-refractivity contribution in [2.45, 2.75) is 12.5 Å². The van der Waals surface area contributed by atoms with E-state index in [1.54, 1.807) is 12.1 Å². The highest BCUT2D eigenvalue weighted by atomic mass is 16.4. The van der Waals surface area contributed by atoms with Gasteiger partial charge >= 0.3 is 11.9 Å². The average Bonchev–Trinajstić information content (AvgIpc) is 2.55. The lowest BCUT2D eigenvalue weighted by Gasteiger charge is -2.04. The van der Waals surface area contributed by atoms with Gasteiger partial charge in [-0.2, -0.15) is 0 Å². The minimum atomic E-state index is -0.983. The first-order valence-corrected chi connectivity index (χ1v) is 7.11. The fraction of sp³-hybridized carbons (Fsp3) is 0.111. The number of carboxylic acid groups (broad SMARTS) is 2. The highest BCUT2D eigenvalue weighted by molar-refractivity contribution is 5.85. The number of phenols is 1. The number of benzene rings is 2. The molecule has 0 unspecified atom stereocenters. The minimum absolute atomic E-state index is 0.169. The molecule has 2 rings (SSSR count). The Bertz CT molecular complexity index is 680. The van der Waals surface area contributed by atoms with Crippen molar-refractivity contribution in [2.24, 2.45) is 5.73 Å². The molecule has 2 aromatic carbocycles. The van der Waals surface area contributed by atoms with Crippen molar-refractivity contribution in [3.63, 3.8) is 0 Å². The summed E-state index contributed by atoms with van der Waals surface area (Å²) in [5.41, 5.74) is 7.05. The summed E-state index contributed by atoms with van der Waals surface area (Å²) in [6.45, 7) is 0. The lowest BCUT2D eigenvalue weighted by Crippen LogP contribution is -2.32. The van der Waals surface area contributed by atoms with Crippen molar-refractivity contribution in [1.29, 1.82) is 0 Å². The SMILES string of the molecule is N[C@@H](Cc1ccccc1)C(=O)O.O=C(O)/C=C/c1ccc(O)cc1. The second kappa shape index (κ2) is 9.81. The average molecular weight is 329 g/mol. The van der Waals surface area contributed by atoms with E-state index in [4.69, 9.17) is 21.1 Å². The molecule has 1 atom stereocenters. The predicted octanol–water partition coefficient (Wildman–Crippen LogP) is 2.13. The largest absolute Gasteiger partial charge is 0.508 e. The summed E-state index contributed by atoms with van der Waals surface area (Å²) in [5, 5.41) is 25.7. The first kappa shape index (κ1) is 18.9.